The van der Waals surface area contributed by atoms with Crippen molar-refractivity contribution in [2.45, 2.75) is 6.92 Å². The Labute approximate surface area is 201 Å². The molecule has 3 aromatic carbocycles. The number of carbonyl (C=O) groups excluding carboxylic acids is 2. The van der Waals surface area contributed by atoms with Crippen LogP contribution in [0.15, 0.2) is 79.0 Å². The second kappa shape index (κ2) is 9.18. The normalized spacial score (nSPS) is 13.3. The number of H-pyrrole nitrogens is 1. The van der Waals surface area contributed by atoms with E-state index in [2.05, 4.69) is 26.3 Å². The number of halogens is 1. The Morgan fingerprint density at radius 2 is 1.74 bits per heavy atom. The van der Waals surface area contributed by atoms with Crippen LogP contribution in [0.4, 0.5) is 37.6 Å². The molecule has 0 radical (unpaired) electrons. The minimum atomic E-state index is -0.550. The zero-order valence-corrected chi connectivity index (χ0v) is 18.8. The second-order valence-corrected chi connectivity index (χ2v) is 8.11. The van der Waals surface area contributed by atoms with Gasteiger partial charge < -0.3 is 26.3 Å². The summed E-state index contributed by atoms with van der Waals surface area (Å²) >= 11 is 0. The zero-order chi connectivity index (χ0) is 24.4. The Kier molecular flexibility index (Phi) is 5.76. The second-order valence-electron chi connectivity index (χ2n) is 8.11. The summed E-state index contributed by atoms with van der Waals surface area (Å²) < 4.78 is 13.8. The first-order valence-corrected chi connectivity index (χ1v) is 11.0. The van der Waals surface area contributed by atoms with Crippen molar-refractivity contribution in [3.8, 4) is 0 Å². The largest absolute Gasteiger partial charge is 0.362 e. The third kappa shape index (κ3) is 4.77. The van der Waals surface area contributed by atoms with Crippen molar-refractivity contribution in [2.24, 2.45) is 0 Å². The first kappa shape index (κ1) is 22.0. The lowest BCUT2D eigenvalue weighted by Gasteiger charge is -2.14. The van der Waals surface area contributed by atoms with Gasteiger partial charge in [-0.2, -0.15) is 0 Å². The molecule has 2 heterocycles. The van der Waals surface area contributed by atoms with E-state index >= 15 is 0 Å². The first-order valence-electron chi connectivity index (χ1n) is 11.0. The van der Waals surface area contributed by atoms with Crippen LogP contribution in [0.2, 0.25) is 0 Å². The third-order valence-corrected chi connectivity index (χ3v) is 5.62. The number of nitrogens with one attached hydrogen (secondary N) is 5. The van der Waals surface area contributed by atoms with Crippen LogP contribution in [0.5, 0.6) is 0 Å². The van der Waals surface area contributed by atoms with Gasteiger partial charge in [0.2, 0.25) is 0 Å². The van der Waals surface area contributed by atoms with Crippen molar-refractivity contribution in [3.63, 3.8) is 0 Å². The minimum Gasteiger partial charge on any atom is -0.362 e. The van der Waals surface area contributed by atoms with E-state index in [0.717, 1.165) is 28.2 Å². The summed E-state index contributed by atoms with van der Waals surface area (Å²) in [5.74, 6) is -0.668. The molecule has 1 aromatic heterocycles. The molecule has 5 N–H and O–H groups in total. The molecule has 0 atom stereocenters. The fourth-order valence-electron chi connectivity index (χ4n) is 3.84. The standard InChI is InChI=1S/C27H22FN5O2/c1-16-8-9-19(31-27(35)33-23-7-3-2-6-22(23)28)14-24(16)30-18-10-11-20-21(13-17-5-4-12-29-17)26(34)32-25(20)15-18/h2-15,29-30H,1H3,(H,32,34)(H2,31,33,35)/b21-13-. The maximum absolute atomic E-state index is 13.8. The lowest BCUT2D eigenvalue weighted by Crippen LogP contribution is -2.20. The van der Waals surface area contributed by atoms with Crippen molar-refractivity contribution < 1.29 is 14.0 Å². The summed E-state index contributed by atoms with van der Waals surface area (Å²) in [6, 6.07) is 20.3. The molecule has 7 nitrogen and oxygen atoms in total. The fourth-order valence-corrected chi connectivity index (χ4v) is 3.84. The number of para-hydroxylation sites is 1. The SMILES string of the molecule is Cc1ccc(NC(=O)Nc2ccccc2F)cc1Nc1ccc2c(c1)NC(=O)/C2=C\c1ccc[nH]1. The number of hydrogen-bond acceptors (Lipinski definition) is 3. The van der Waals surface area contributed by atoms with Crippen molar-refractivity contribution in [2.75, 3.05) is 21.3 Å². The molecular formula is C27H22FN5O2. The van der Waals surface area contributed by atoms with E-state index in [1.54, 1.807) is 24.3 Å². The average molecular weight is 468 g/mol. The predicted molar refractivity (Wildman–Crippen MR) is 137 cm³/mol. The molecule has 0 saturated heterocycles. The Bertz CT molecular complexity index is 1460. The molecule has 8 heteroatoms. The minimum absolute atomic E-state index is 0.0975. The van der Waals surface area contributed by atoms with Gasteiger partial charge in [0.25, 0.3) is 5.91 Å². The molecule has 35 heavy (non-hydrogen) atoms. The van der Waals surface area contributed by atoms with Gasteiger partial charge in [-0.25, -0.2) is 9.18 Å². The molecule has 0 aliphatic carbocycles. The number of rotatable bonds is 5. The van der Waals surface area contributed by atoms with Gasteiger partial charge in [-0.3, -0.25) is 4.79 Å². The Hall–Kier alpha value is -4.85. The van der Waals surface area contributed by atoms with E-state index in [-0.39, 0.29) is 11.6 Å². The molecule has 5 rings (SSSR count). The summed E-state index contributed by atoms with van der Waals surface area (Å²) in [5.41, 5.74) is 6.14. The number of aryl methyl sites for hydroxylation is 1. The number of benzene rings is 3. The van der Waals surface area contributed by atoms with Crippen LogP contribution < -0.4 is 21.3 Å². The fraction of sp³-hybridized carbons (Fsp3) is 0.0370. The van der Waals surface area contributed by atoms with Gasteiger partial charge in [-0.1, -0.05) is 24.3 Å². The number of hydrogen-bond donors (Lipinski definition) is 5. The van der Waals surface area contributed by atoms with Gasteiger partial charge in [-0.05, 0) is 67.1 Å². The Morgan fingerprint density at radius 3 is 2.54 bits per heavy atom. The van der Waals surface area contributed by atoms with Crippen LogP contribution in [-0.4, -0.2) is 16.9 Å². The average Bonchev–Trinajstić information content (AvgIpc) is 3.45. The van der Waals surface area contributed by atoms with E-state index in [9.17, 15) is 14.0 Å². The molecule has 174 valence electrons. The molecular weight excluding hydrogens is 445 g/mol. The maximum Gasteiger partial charge on any atom is 0.323 e. The van der Waals surface area contributed by atoms with Crippen LogP contribution in [0, 0.1) is 12.7 Å². The summed E-state index contributed by atoms with van der Waals surface area (Å²) in [6.45, 7) is 1.94. The van der Waals surface area contributed by atoms with Crippen molar-refractivity contribution >= 4 is 52.0 Å². The Balaban J connectivity index is 1.32. The highest BCUT2D eigenvalue weighted by atomic mass is 19.1. The van der Waals surface area contributed by atoms with Gasteiger partial charge in [0.1, 0.15) is 5.82 Å². The van der Waals surface area contributed by atoms with Crippen molar-refractivity contribution in [1.29, 1.82) is 0 Å². The van der Waals surface area contributed by atoms with Crippen LogP contribution in [-0.2, 0) is 4.79 Å². The highest BCUT2D eigenvalue weighted by molar-refractivity contribution is 6.35. The van der Waals surface area contributed by atoms with Gasteiger partial charge >= 0.3 is 6.03 Å². The first-order chi connectivity index (χ1) is 17.0. The predicted octanol–water partition coefficient (Wildman–Crippen LogP) is 6.34. The summed E-state index contributed by atoms with van der Waals surface area (Å²) in [7, 11) is 0. The molecule has 3 amide bonds. The molecule has 1 aliphatic rings. The van der Waals surface area contributed by atoms with Gasteiger partial charge in [0.15, 0.2) is 0 Å². The molecule has 0 fully saturated rings. The number of fused-ring (bicyclic) bond motifs is 1. The molecule has 4 aromatic rings. The number of urea groups is 1. The number of amides is 3. The van der Waals surface area contributed by atoms with Crippen LogP contribution in [0.3, 0.4) is 0 Å². The molecule has 0 bridgehead atoms. The summed E-state index contributed by atoms with van der Waals surface area (Å²) in [6.07, 6.45) is 3.63. The Morgan fingerprint density at radius 1 is 0.914 bits per heavy atom. The zero-order valence-electron chi connectivity index (χ0n) is 18.8. The number of aromatic amines is 1. The smallest absolute Gasteiger partial charge is 0.323 e. The number of anilines is 5. The van der Waals surface area contributed by atoms with E-state index in [1.807, 2.05) is 55.6 Å². The molecule has 1 aliphatic heterocycles. The number of aromatic nitrogens is 1. The monoisotopic (exact) mass is 467 g/mol. The van der Waals surface area contributed by atoms with E-state index in [4.69, 9.17) is 0 Å². The lowest BCUT2D eigenvalue weighted by molar-refractivity contribution is -0.110. The van der Waals surface area contributed by atoms with Crippen LogP contribution >= 0.6 is 0 Å². The van der Waals surface area contributed by atoms with Crippen molar-refractivity contribution in [3.05, 3.63) is 102 Å². The molecule has 0 spiro atoms. The van der Waals surface area contributed by atoms with E-state index in [0.29, 0.717) is 16.9 Å². The molecule has 0 unspecified atom stereocenters. The summed E-state index contributed by atoms with van der Waals surface area (Å²) in [4.78, 5) is 27.9. The topological polar surface area (TPSA) is 98.0 Å². The molecule has 0 saturated carbocycles. The summed E-state index contributed by atoms with van der Waals surface area (Å²) in [5, 5.41) is 11.5. The van der Waals surface area contributed by atoms with E-state index < -0.39 is 11.8 Å². The van der Waals surface area contributed by atoms with E-state index in [1.165, 1.54) is 12.1 Å². The van der Waals surface area contributed by atoms with Crippen molar-refractivity contribution in [1.82, 2.24) is 4.98 Å². The van der Waals surface area contributed by atoms with Gasteiger partial charge in [0.05, 0.1) is 16.9 Å². The van der Waals surface area contributed by atoms with Gasteiger partial charge in [-0.15, -0.1) is 0 Å². The highest BCUT2D eigenvalue weighted by Gasteiger charge is 2.24. The highest BCUT2D eigenvalue weighted by Crippen LogP contribution is 2.36. The van der Waals surface area contributed by atoms with Crippen LogP contribution in [0.1, 0.15) is 16.8 Å². The third-order valence-electron chi connectivity index (χ3n) is 5.62. The maximum atomic E-state index is 13.8. The lowest BCUT2D eigenvalue weighted by atomic mass is 10.1. The number of carbonyl (C=O) groups is 2. The van der Waals surface area contributed by atoms with Gasteiger partial charge in [0, 0.05) is 34.5 Å². The quantitative estimate of drug-likeness (QED) is 0.221. The van der Waals surface area contributed by atoms with Crippen LogP contribution in [0.25, 0.3) is 11.6 Å².